The van der Waals surface area contributed by atoms with Crippen molar-refractivity contribution in [1.29, 1.82) is 0 Å². The number of alkyl halides is 3. The van der Waals surface area contributed by atoms with Gasteiger partial charge in [-0.1, -0.05) is 18.2 Å². The van der Waals surface area contributed by atoms with Crippen molar-refractivity contribution in [2.24, 2.45) is 0 Å². The van der Waals surface area contributed by atoms with Crippen molar-refractivity contribution in [3.8, 4) is 0 Å². The average molecular weight is 582 g/mol. The van der Waals surface area contributed by atoms with E-state index in [0.717, 1.165) is 11.3 Å². The van der Waals surface area contributed by atoms with Gasteiger partial charge in [-0.3, -0.25) is 4.90 Å². The van der Waals surface area contributed by atoms with Gasteiger partial charge in [0.1, 0.15) is 4.21 Å². The molecule has 1 aromatic carbocycles. The van der Waals surface area contributed by atoms with Crippen LogP contribution in [0.2, 0.25) is 0 Å². The number of sulfone groups is 1. The first-order chi connectivity index (χ1) is 17.1. The SMILES string of the molecule is C[C@@H]1CS(=O)(=O)CCN1C[C@H]1CN(S(=O)(=O)c2cccs2)CCN1c1ccc([C@](C)(O)C(F)(F)F)cc1. The summed E-state index contributed by atoms with van der Waals surface area (Å²) in [6, 6.07) is 8.03. The number of hydrogen-bond acceptors (Lipinski definition) is 8. The molecule has 3 atom stereocenters. The first kappa shape index (κ1) is 28.3. The first-order valence-electron chi connectivity index (χ1n) is 11.8. The van der Waals surface area contributed by atoms with E-state index in [0.29, 0.717) is 32.2 Å². The van der Waals surface area contributed by atoms with E-state index >= 15 is 0 Å². The number of piperazine rings is 1. The second-order valence-electron chi connectivity index (χ2n) is 9.72. The summed E-state index contributed by atoms with van der Waals surface area (Å²) < 4.78 is 92.1. The summed E-state index contributed by atoms with van der Waals surface area (Å²) in [7, 11) is -6.86. The highest BCUT2D eigenvalue weighted by atomic mass is 32.2. The van der Waals surface area contributed by atoms with Crippen molar-refractivity contribution in [1.82, 2.24) is 9.21 Å². The Bertz CT molecular complexity index is 1300. The van der Waals surface area contributed by atoms with E-state index in [2.05, 4.69) is 0 Å². The third kappa shape index (κ3) is 5.83. The van der Waals surface area contributed by atoms with Crippen LogP contribution in [0, 0.1) is 0 Å². The molecular weight excluding hydrogens is 551 g/mol. The van der Waals surface area contributed by atoms with Gasteiger partial charge in [-0.15, -0.1) is 11.3 Å². The standard InChI is InChI=1S/C23H30F3N3O5S3/c1-17-16-36(31,32)13-11-27(17)14-20-15-28(37(33,34)21-4-3-12-35-21)9-10-29(20)19-7-5-18(6-8-19)22(2,30)23(24,25)26/h3-8,12,17,20,30H,9-11,13-16H2,1-2H3/t17-,20+,22+/m1/s1. The molecule has 37 heavy (non-hydrogen) atoms. The second kappa shape index (κ2) is 10.1. The Morgan fingerprint density at radius 2 is 1.78 bits per heavy atom. The van der Waals surface area contributed by atoms with Crippen LogP contribution >= 0.6 is 11.3 Å². The fourth-order valence-electron chi connectivity index (χ4n) is 4.79. The van der Waals surface area contributed by atoms with E-state index in [9.17, 15) is 35.1 Å². The zero-order valence-electron chi connectivity index (χ0n) is 20.4. The van der Waals surface area contributed by atoms with Crippen LogP contribution in [-0.4, -0.2) is 93.6 Å². The van der Waals surface area contributed by atoms with E-state index in [1.807, 2.05) is 16.7 Å². The van der Waals surface area contributed by atoms with Crippen LogP contribution in [0.4, 0.5) is 18.9 Å². The Morgan fingerprint density at radius 3 is 2.35 bits per heavy atom. The number of halogens is 3. The molecule has 3 heterocycles. The lowest BCUT2D eigenvalue weighted by Gasteiger charge is -2.45. The maximum absolute atomic E-state index is 13.3. The van der Waals surface area contributed by atoms with Gasteiger partial charge >= 0.3 is 6.18 Å². The quantitative estimate of drug-likeness (QED) is 0.560. The third-order valence-electron chi connectivity index (χ3n) is 7.10. The van der Waals surface area contributed by atoms with Crippen LogP contribution in [0.5, 0.6) is 0 Å². The molecule has 206 valence electrons. The highest BCUT2D eigenvalue weighted by Crippen LogP contribution is 2.39. The molecule has 0 amide bonds. The topological polar surface area (TPSA) is 98.2 Å². The summed E-state index contributed by atoms with van der Waals surface area (Å²) in [5.41, 5.74) is -2.71. The van der Waals surface area contributed by atoms with Crippen molar-refractivity contribution in [2.45, 2.75) is 41.9 Å². The molecule has 2 aliphatic heterocycles. The van der Waals surface area contributed by atoms with E-state index in [-0.39, 0.29) is 46.5 Å². The number of sulfonamides is 1. The van der Waals surface area contributed by atoms with Crippen LogP contribution in [-0.2, 0) is 25.5 Å². The minimum Gasteiger partial charge on any atom is -0.376 e. The minimum atomic E-state index is -4.84. The predicted octanol–water partition coefficient (Wildman–Crippen LogP) is 2.52. The lowest BCUT2D eigenvalue weighted by Crippen LogP contribution is -2.60. The Kier molecular flexibility index (Phi) is 7.74. The molecule has 0 unspecified atom stereocenters. The van der Waals surface area contributed by atoms with Crippen LogP contribution in [0.3, 0.4) is 0 Å². The van der Waals surface area contributed by atoms with Gasteiger partial charge in [0.2, 0.25) is 0 Å². The average Bonchev–Trinajstić information content (AvgIpc) is 3.36. The van der Waals surface area contributed by atoms with E-state index in [1.54, 1.807) is 17.5 Å². The van der Waals surface area contributed by atoms with Crippen molar-refractivity contribution in [2.75, 3.05) is 49.1 Å². The van der Waals surface area contributed by atoms with Gasteiger partial charge < -0.3 is 10.0 Å². The van der Waals surface area contributed by atoms with Gasteiger partial charge in [0.15, 0.2) is 15.4 Å². The summed E-state index contributed by atoms with van der Waals surface area (Å²) >= 11 is 1.13. The number of aliphatic hydroxyl groups is 1. The van der Waals surface area contributed by atoms with Crippen molar-refractivity contribution >= 4 is 36.9 Å². The number of thiophene rings is 1. The van der Waals surface area contributed by atoms with Gasteiger partial charge in [-0.25, -0.2) is 16.8 Å². The number of rotatable bonds is 6. The molecule has 0 radical (unpaired) electrons. The fourth-order valence-corrected chi connectivity index (χ4v) is 9.03. The van der Waals surface area contributed by atoms with E-state index in [4.69, 9.17) is 0 Å². The third-order valence-corrected chi connectivity index (χ3v) is 12.1. The van der Waals surface area contributed by atoms with Crippen molar-refractivity contribution in [3.05, 3.63) is 47.3 Å². The van der Waals surface area contributed by atoms with E-state index in [1.165, 1.54) is 28.6 Å². The summed E-state index contributed by atoms with van der Waals surface area (Å²) in [4.78, 5) is 3.96. The lowest BCUT2D eigenvalue weighted by molar-refractivity contribution is -0.258. The smallest absolute Gasteiger partial charge is 0.376 e. The molecule has 2 fully saturated rings. The summed E-state index contributed by atoms with van der Waals surface area (Å²) in [5, 5.41) is 11.7. The van der Waals surface area contributed by atoms with Crippen molar-refractivity contribution in [3.63, 3.8) is 0 Å². The molecule has 2 saturated heterocycles. The molecule has 1 aromatic heterocycles. The number of hydrogen-bond donors (Lipinski definition) is 1. The summed E-state index contributed by atoms with van der Waals surface area (Å²) in [6.07, 6.45) is -4.84. The van der Waals surface area contributed by atoms with Crippen LogP contribution in [0.15, 0.2) is 46.0 Å². The van der Waals surface area contributed by atoms with Gasteiger partial charge in [0.25, 0.3) is 10.0 Å². The molecule has 2 aliphatic rings. The van der Waals surface area contributed by atoms with Gasteiger partial charge in [-0.05, 0) is 43.0 Å². The lowest BCUT2D eigenvalue weighted by atomic mass is 9.95. The normalized spacial score (nSPS) is 25.6. The molecule has 0 bridgehead atoms. The largest absolute Gasteiger partial charge is 0.421 e. The molecule has 4 rings (SSSR count). The second-order valence-corrected chi connectivity index (χ2v) is 15.1. The minimum absolute atomic E-state index is 0.0121. The maximum Gasteiger partial charge on any atom is 0.421 e. The van der Waals surface area contributed by atoms with Crippen LogP contribution in [0.1, 0.15) is 19.4 Å². The Balaban J connectivity index is 1.61. The Hall–Kier alpha value is -1.71. The monoisotopic (exact) mass is 581 g/mol. The molecule has 2 aromatic rings. The molecular formula is C23H30F3N3O5S3. The maximum atomic E-state index is 13.3. The molecule has 0 saturated carbocycles. The number of benzene rings is 1. The summed E-state index contributed by atoms with van der Waals surface area (Å²) in [5.74, 6) is 0.0284. The molecule has 1 N–H and O–H groups in total. The van der Waals surface area contributed by atoms with Gasteiger partial charge in [-0.2, -0.15) is 17.5 Å². The molecule has 8 nitrogen and oxygen atoms in total. The van der Waals surface area contributed by atoms with Crippen molar-refractivity contribution < 1.29 is 35.1 Å². The molecule has 0 spiro atoms. The predicted molar refractivity (Wildman–Crippen MR) is 136 cm³/mol. The zero-order valence-corrected chi connectivity index (χ0v) is 22.9. The highest BCUT2D eigenvalue weighted by Gasteiger charge is 2.51. The Morgan fingerprint density at radius 1 is 1.11 bits per heavy atom. The molecule has 0 aliphatic carbocycles. The zero-order chi connectivity index (χ0) is 27.2. The van der Waals surface area contributed by atoms with Crippen LogP contribution in [0.25, 0.3) is 0 Å². The highest BCUT2D eigenvalue weighted by molar-refractivity contribution is 7.91. The van der Waals surface area contributed by atoms with Crippen LogP contribution < -0.4 is 4.90 Å². The summed E-state index contributed by atoms with van der Waals surface area (Å²) in [6.45, 7) is 3.84. The first-order valence-corrected chi connectivity index (χ1v) is 15.9. The number of nitrogens with zero attached hydrogens (tertiary/aromatic N) is 3. The van der Waals surface area contributed by atoms with E-state index < -0.39 is 31.6 Å². The van der Waals surface area contributed by atoms with Gasteiger partial charge in [0, 0.05) is 44.5 Å². The Labute approximate surface area is 219 Å². The number of anilines is 1. The van der Waals surface area contributed by atoms with Gasteiger partial charge in [0.05, 0.1) is 17.5 Å². The fraction of sp³-hybridized carbons (Fsp3) is 0.565. The molecule has 14 heteroatoms.